The lowest BCUT2D eigenvalue weighted by Crippen LogP contribution is -2.64. The summed E-state index contributed by atoms with van der Waals surface area (Å²) in [4.78, 5) is 27.7. The first-order valence-corrected chi connectivity index (χ1v) is 8.30. The van der Waals surface area contributed by atoms with Gasteiger partial charge >= 0.3 is 12.2 Å². The molecule has 140 valence electrons. The van der Waals surface area contributed by atoms with Crippen LogP contribution in [0.1, 0.15) is 55.4 Å². The van der Waals surface area contributed by atoms with E-state index in [9.17, 15) is 14.7 Å². The maximum absolute atomic E-state index is 12.4. The molecule has 0 saturated carbocycles. The van der Waals surface area contributed by atoms with Gasteiger partial charge in [0, 0.05) is 19.6 Å². The van der Waals surface area contributed by atoms with E-state index in [2.05, 4.69) is 0 Å². The number of piperazine rings is 1. The van der Waals surface area contributed by atoms with Crippen molar-refractivity contribution in [3.8, 4) is 0 Å². The smallest absolute Gasteiger partial charge is 0.410 e. The Morgan fingerprint density at radius 3 is 1.75 bits per heavy atom. The molecule has 0 aromatic carbocycles. The molecule has 0 bridgehead atoms. The summed E-state index contributed by atoms with van der Waals surface area (Å²) in [6, 6.07) is -0.575. The topological polar surface area (TPSA) is 79.3 Å². The third kappa shape index (κ3) is 6.19. The lowest BCUT2D eigenvalue weighted by molar-refractivity contribution is -0.0676. The molecule has 1 saturated heterocycles. The lowest BCUT2D eigenvalue weighted by Gasteiger charge is -2.46. The quantitative estimate of drug-likeness (QED) is 0.791. The average Bonchev–Trinajstić information content (AvgIpc) is 2.32. The van der Waals surface area contributed by atoms with Gasteiger partial charge in [-0.05, 0) is 55.4 Å². The largest absolute Gasteiger partial charge is 0.444 e. The highest BCUT2D eigenvalue weighted by Gasteiger charge is 2.42. The maximum atomic E-state index is 12.4. The van der Waals surface area contributed by atoms with Crippen molar-refractivity contribution in [2.24, 2.45) is 0 Å². The van der Waals surface area contributed by atoms with E-state index < -0.39 is 35.0 Å². The van der Waals surface area contributed by atoms with Gasteiger partial charge in [-0.15, -0.1) is 0 Å². The van der Waals surface area contributed by atoms with E-state index in [1.54, 1.807) is 55.4 Å². The highest BCUT2D eigenvalue weighted by atomic mass is 16.6. The number of aliphatic hydroxyl groups is 1. The highest BCUT2D eigenvalue weighted by molar-refractivity contribution is 5.71. The van der Waals surface area contributed by atoms with Crippen LogP contribution < -0.4 is 0 Å². The summed E-state index contributed by atoms with van der Waals surface area (Å²) in [6.45, 7) is 14.8. The summed E-state index contributed by atoms with van der Waals surface area (Å²) < 4.78 is 10.8. The second-order valence-corrected chi connectivity index (χ2v) is 8.77. The third-order valence-electron chi connectivity index (χ3n) is 3.48. The molecule has 0 aromatic rings. The fraction of sp³-hybridized carbons (Fsp3) is 0.882. The van der Waals surface area contributed by atoms with Crippen molar-refractivity contribution in [2.45, 2.75) is 78.2 Å². The van der Waals surface area contributed by atoms with Gasteiger partial charge in [0.15, 0.2) is 0 Å². The monoisotopic (exact) mass is 344 g/mol. The van der Waals surface area contributed by atoms with E-state index in [0.717, 1.165) is 0 Å². The van der Waals surface area contributed by atoms with Gasteiger partial charge in [-0.3, -0.25) is 4.90 Å². The van der Waals surface area contributed by atoms with Crippen molar-refractivity contribution in [1.29, 1.82) is 0 Å². The van der Waals surface area contributed by atoms with Crippen LogP contribution in [0.25, 0.3) is 0 Å². The molecule has 1 aliphatic rings. The summed E-state index contributed by atoms with van der Waals surface area (Å²) in [5, 5.41) is 10.5. The Bertz CT molecular complexity index is 471. The Kier molecular flexibility index (Phi) is 5.81. The van der Waals surface area contributed by atoms with Crippen molar-refractivity contribution < 1.29 is 24.2 Å². The van der Waals surface area contributed by atoms with Crippen LogP contribution in [-0.4, -0.2) is 69.6 Å². The number of carbonyl (C=O) groups is 2. The molecule has 2 amide bonds. The van der Waals surface area contributed by atoms with E-state index in [1.807, 2.05) is 0 Å². The maximum Gasteiger partial charge on any atom is 0.410 e. The van der Waals surface area contributed by atoms with Crippen LogP contribution in [0.2, 0.25) is 0 Å². The number of ether oxygens (including phenoxy) is 2. The Morgan fingerprint density at radius 1 is 0.875 bits per heavy atom. The SMILES string of the molecule is CC(C)(C)OC(=O)N1CCN(C(=O)OC(C)(C)C)C(C(C)(C)O)C1. The van der Waals surface area contributed by atoms with Gasteiger partial charge < -0.3 is 19.5 Å². The zero-order valence-corrected chi connectivity index (χ0v) is 16.2. The molecule has 0 radical (unpaired) electrons. The Hall–Kier alpha value is -1.50. The highest BCUT2D eigenvalue weighted by Crippen LogP contribution is 2.24. The minimum Gasteiger partial charge on any atom is -0.444 e. The van der Waals surface area contributed by atoms with Crippen LogP contribution in [0, 0.1) is 0 Å². The molecule has 1 aliphatic heterocycles. The van der Waals surface area contributed by atoms with Crippen LogP contribution in [0.3, 0.4) is 0 Å². The number of carbonyl (C=O) groups excluding carboxylic acids is 2. The van der Waals surface area contributed by atoms with Crippen LogP contribution in [0.4, 0.5) is 9.59 Å². The Morgan fingerprint density at radius 2 is 1.33 bits per heavy atom. The Balaban J connectivity index is 2.90. The van der Waals surface area contributed by atoms with E-state index in [4.69, 9.17) is 9.47 Å². The third-order valence-corrected chi connectivity index (χ3v) is 3.48. The molecule has 1 heterocycles. The molecule has 0 spiro atoms. The molecule has 1 unspecified atom stereocenters. The fourth-order valence-electron chi connectivity index (χ4n) is 2.42. The molecule has 7 heteroatoms. The number of hydrogen-bond acceptors (Lipinski definition) is 5. The normalized spacial score (nSPS) is 20.0. The van der Waals surface area contributed by atoms with Crippen molar-refractivity contribution >= 4 is 12.2 Å². The summed E-state index contributed by atoms with van der Waals surface area (Å²) >= 11 is 0. The summed E-state index contributed by atoms with van der Waals surface area (Å²) in [6.07, 6.45) is -0.931. The zero-order chi connectivity index (χ0) is 18.9. The number of hydrogen-bond donors (Lipinski definition) is 1. The molecule has 0 aromatic heterocycles. The van der Waals surface area contributed by atoms with Crippen LogP contribution in [0.5, 0.6) is 0 Å². The first kappa shape index (κ1) is 20.5. The van der Waals surface area contributed by atoms with E-state index in [-0.39, 0.29) is 13.1 Å². The molecule has 1 atom stereocenters. The number of rotatable bonds is 1. The van der Waals surface area contributed by atoms with E-state index >= 15 is 0 Å². The van der Waals surface area contributed by atoms with E-state index in [1.165, 1.54) is 9.80 Å². The lowest BCUT2D eigenvalue weighted by atomic mass is 9.95. The zero-order valence-electron chi connectivity index (χ0n) is 16.2. The molecule has 1 rings (SSSR count). The molecular formula is C17H32N2O5. The number of nitrogens with zero attached hydrogens (tertiary/aromatic N) is 2. The van der Waals surface area contributed by atoms with Crippen LogP contribution in [0.15, 0.2) is 0 Å². The minimum absolute atomic E-state index is 0.192. The van der Waals surface area contributed by atoms with Gasteiger partial charge in [0.1, 0.15) is 11.2 Å². The van der Waals surface area contributed by atoms with Gasteiger partial charge in [-0.1, -0.05) is 0 Å². The molecular weight excluding hydrogens is 312 g/mol. The van der Waals surface area contributed by atoms with Gasteiger partial charge in [0.2, 0.25) is 0 Å². The second-order valence-electron chi connectivity index (χ2n) is 8.77. The molecule has 24 heavy (non-hydrogen) atoms. The predicted molar refractivity (Wildman–Crippen MR) is 90.8 cm³/mol. The molecule has 1 N–H and O–H groups in total. The van der Waals surface area contributed by atoms with Crippen molar-refractivity contribution in [2.75, 3.05) is 19.6 Å². The fourth-order valence-corrected chi connectivity index (χ4v) is 2.42. The standard InChI is InChI=1S/C17H32N2O5/c1-15(2,3)23-13(20)18-9-10-19(12(11-18)17(7,8)22)14(21)24-16(4,5)6/h12,22H,9-11H2,1-8H3. The van der Waals surface area contributed by atoms with Gasteiger partial charge in [-0.2, -0.15) is 0 Å². The van der Waals surface area contributed by atoms with Gasteiger partial charge in [0.25, 0.3) is 0 Å². The summed E-state index contributed by atoms with van der Waals surface area (Å²) in [5.74, 6) is 0. The van der Waals surface area contributed by atoms with Crippen molar-refractivity contribution in [3.63, 3.8) is 0 Å². The van der Waals surface area contributed by atoms with Crippen molar-refractivity contribution in [1.82, 2.24) is 9.80 Å². The molecule has 0 aliphatic carbocycles. The van der Waals surface area contributed by atoms with Gasteiger partial charge in [-0.25, -0.2) is 9.59 Å². The predicted octanol–water partition coefficient (Wildman–Crippen LogP) is 2.61. The van der Waals surface area contributed by atoms with E-state index in [0.29, 0.717) is 6.54 Å². The van der Waals surface area contributed by atoms with Crippen LogP contribution >= 0.6 is 0 Å². The minimum atomic E-state index is -1.18. The van der Waals surface area contributed by atoms with Gasteiger partial charge in [0.05, 0.1) is 11.6 Å². The second kappa shape index (κ2) is 6.78. The first-order valence-electron chi connectivity index (χ1n) is 8.30. The number of amides is 2. The average molecular weight is 344 g/mol. The molecule has 1 fully saturated rings. The van der Waals surface area contributed by atoms with Crippen molar-refractivity contribution in [3.05, 3.63) is 0 Å². The molecule has 7 nitrogen and oxygen atoms in total. The summed E-state index contributed by atoms with van der Waals surface area (Å²) in [7, 11) is 0. The summed E-state index contributed by atoms with van der Waals surface area (Å²) in [5.41, 5.74) is -2.40. The van der Waals surface area contributed by atoms with Crippen LogP contribution in [-0.2, 0) is 9.47 Å². The first-order chi connectivity index (χ1) is 10.6. The Labute approximate surface area is 144 Å².